The van der Waals surface area contributed by atoms with Gasteiger partial charge < -0.3 is 15.8 Å². The van der Waals surface area contributed by atoms with E-state index in [1.54, 1.807) is 7.11 Å². The maximum Gasteiger partial charge on any atom is 0.223 e. The van der Waals surface area contributed by atoms with Gasteiger partial charge in [0.2, 0.25) is 5.91 Å². The molecule has 0 saturated heterocycles. The van der Waals surface area contributed by atoms with Crippen LogP contribution in [-0.2, 0) is 11.2 Å². The molecule has 116 valence electrons. The fourth-order valence-electron chi connectivity index (χ4n) is 3.22. The Labute approximate surface area is 127 Å². The van der Waals surface area contributed by atoms with Gasteiger partial charge in [-0.1, -0.05) is 18.6 Å². The number of carbonyl (C=O) groups excluding carboxylic acids is 1. The lowest BCUT2D eigenvalue weighted by Crippen LogP contribution is -2.40. The Bertz CT molecular complexity index is 476. The van der Waals surface area contributed by atoms with Gasteiger partial charge in [-0.05, 0) is 56.3 Å². The number of nitrogens with one attached hydrogen (secondary N) is 1. The summed E-state index contributed by atoms with van der Waals surface area (Å²) >= 11 is 0. The first-order valence-electron chi connectivity index (χ1n) is 7.77. The van der Waals surface area contributed by atoms with Crippen LogP contribution in [0, 0.1) is 11.8 Å². The molecule has 1 aliphatic rings. The molecule has 0 bridgehead atoms. The minimum absolute atomic E-state index is 0.0998. The molecule has 1 fully saturated rings. The average molecular weight is 290 g/mol. The Morgan fingerprint density at radius 3 is 3.00 bits per heavy atom. The topological polar surface area (TPSA) is 64.3 Å². The lowest BCUT2D eigenvalue weighted by atomic mass is 9.95. The molecule has 1 saturated carbocycles. The van der Waals surface area contributed by atoms with Gasteiger partial charge in [0, 0.05) is 12.0 Å². The standard InChI is InChI=1S/C17H26N2O2/c1-12(9-13-5-3-7-15(10-13)21-2)19-17(20)16-8-4-6-14(16)11-18/h3,5,7,10,12,14,16H,4,6,8-9,11,18H2,1-2H3,(H,19,20)/t12?,14-,16-/m1/s1. The Hall–Kier alpha value is -1.55. The van der Waals surface area contributed by atoms with E-state index in [-0.39, 0.29) is 17.9 Å². The first-order valence-corrected chi connectivity index (χ1v) is 7.77. The largest absolute Gasteiger partial charge is 0.497 e. The van der Waals surface area contributed by atoms with Gasteiger partial charge in [0.1, 0.15) is 5.75 Å². The monoisotopic (exact) mass is 290 g/mol. The van der Waals surface area contributed by atoms with Crippen molar-refractivity contribution < 1.29 is 9.53 Å². The predicted octanol–water partition coefficient (Wildman–Crippen LogP) is 2.12. The first-order chi connectivity index (χ1) is 10.1. The van der Waals surface area contributed by atoms with E-state index < -0.39 is 0 Å². The average Bonchev–Trinajstić information content (AvgIpc) is 2.95. The fraction of sp³-hybridized carbons (Fsp3) is 0.588. The molecule has 4 nitrogen and oxygen atoms in total. The molecule has 4 heteroatoms. The van der Waals surface area contributed by atoms with E-state index in [9.17, 15) is 4.79 Å². The minimum atomic E-state index is 0.0998. The van der Waals surface area contributed by atoms with Crippen molar-refractivity contribution in [2.24, 2.45) is 17.6 Å². The molecule has 3 N–H and O–H groups in total. The summed E-state index contributed by atoms with van der Waals surface area (Å²) in [4.78, 5) is 12.3. The molecule has 0 heterocycles. The second-order valence-corrected chi connectivity index (χ2v) is 6.00. The number of methoxy groups -OCH3 is 1. The van der Waals surface area contributed by atoms with Crippen molar-refractivity contribution in [3.8, 4) is 5.75 Å². The Kier molecular flexibility index (Phi) is 5.62. The van der Waals surface area contributed by atoms with Gasteiger partial charge in [-0.25, -0.2) is 0 Å². The number of nitrogens with two attached hydrogens (primary N) is 1. The van der Waals surface area contributed by atoms with Crippen LogP contribution in [0.25, 0.3) is 0 Å². The van der Waals surface area contributed by atoms with E-state index in [1.165, 1.54) is 5.56 Å². The van der Waals surface area contributed by atoms with Crippen LogP contribution in [0.15, 0.2) is 24.3 Å². The van der Waals surface area contributed by atoms with Crippen LogP contribution in [0.2, 0.25) is 0 Å². The van der Waals surface area contributed by atoms with Crippen molar-refractivity contribution in [1.82, 2.24) is 5.32 Å². The Morgan fingerprint density at radius 1 is 1.48 bits per heavy atom. The van der Waals surface area contributed by atoms with E-state index >= 15 is 0 Å². The van der Waals surface area contributed by atoms with Gasteiger partial charge in [0.25, 0.3) is 0 Å². The molecule has 2 rings (SSSR count). The van der Waals surface area contributed by atoms with Crippen molar-refractivity contribution in [2.75, 3.05) is 13.7 Å². The van der Waals surface area contributed by atoms with Gasteiger partial charge in [-0.2, -0.15) is 0 Å². The van der Waals surface area contributed by atoms with Crippen molar-refractivity contribution in [2.45, 2.75) is 38.6 Å². The molecule has 0 aliphatic heterocycles. The summed E-state index contributed by atoms with van der Waals surface area (Å²) in [6, 6.07) is 8.09. The number of ether oxygens (including phenoxy) is 1. The fourth-order valence-corrected chi connectivity index (χ4v) is 3.22. The third-order valence-corrected chi connectivity index (χ3v) is 4.36. The molecule has 1 amide bonds. The molecule has 0 spiro atoms. The second-order valence-electron chi connectivity index (χ2n) is 6.00. The molecule has 1 aliphatic carbocycles. The number of amides is 1. The van der Waals surface area contributed by atoms with Crippen LogP contribution in [0.5, 0.6) is 5.75 Å². The highest BCUT2D eigenvalue weighted by atomic mass is 16.5. The SMILES string of the molecule is COc1cccc(CC(C)NC(=O)[C@@H]2CCC[C@@H]2CN)c1. The second kappa shape index (κ2) is 7.46. The van der Waals surface area contributed by atoms with Crippen molar-refractivity contribution in [3.63, 3.8) is 0 Å². The molecule has 1 unspecified atom stereocenters. The van der Waals surface area contributed by atoms with E-state index in [2.05, 4.69) is 11.4 Å². The summed E-state index contributed by atoms with van der Waals surface area (Å²) in [5.41, 5.74) is 6.92. The number of rotatable bonds is 6. The van der Waals surface area contributed by atoms with Gasteiger partial charge in [-0.3, -0.25) is 4.79 Å². The van der Waals surface area contributed by atoms with Crippen LogP contribution in [0.3, 0.4) is 0 Å². The summed E-state index contributed by atoms with van der Waals surface area (Å²) in [5, 5.41) is 3.14. The van der Waals surface area contributed by atoms with Gasteiger partial charge in [0.15, 0.2) is 0 Å². The summed E-state index contributed by atoms with van der Waals surface area (Å²) < 4.78 is 5.23. The Morgan fingerprint density at radius 2 is 2.29 bits per heavy atom. The van der Waals surface area contributed by atoms with E-state index in [1.807, 2.05) is 25.1 Å². The van der Waals surface area contributed by atoms with Gasteiger partial charge >= 0.3 is 0 Å². The van der Waals surface area contributed by atoms with E-state index in [4.69, 9.17) is 10.5 Å². The van der Waals surface area contributed by atoms with Crippen LogP contribution in [0.1, 0.15) is 31.7 Å². The van der Waals surface area contributed by atoms with E-state index in [0.29, 0.717) is 12.5 Å². The van der Waals surface area contributed by atoms with Crippen molar-refractivity contribution in [3.05, 3.63) is 29.8 Å². The molecule has 0 aromatic heterocycles. The van der Waals surface area contributed by atoms with Crippen LogP contribution < -0.4 is 15.8 Å². The summed E-state index contributed by atoms with van der Waals surface area (Å²) in [6.07, 6.45) is 3.98. The van der Waals surface area contributed by atoms with Crippen molar-refractivity contribution in [1.29, 1.82) is 0 Å². The third-order valence-electron chi connectivity index (χ3n) is 4.36. The molecular weight excluding hydrogens is 264 g/mol. The van der Waals surface area contributed by atoms with Crippen LogP contribution >= 0.6 is 0 Å². The molecule has 1 aromatic rings. The lowest BCUT2D eigenvalue weighted by molar-refractivity contribution is -0.126. The minimum Gasteiger partial charge on any atom is -0.497 e. The zero-order valence-electron chi connectivity index (χ0n) is 13.0. The summed E-state index contributed by atoms with van der Waals surface area (Å²) in [5.74, 6) is 1.47. The molecule has 1 aromatic carbocycles. The highest BCUT2D eigenvalue weighted by Gasteiger charge is 2.32. The predicted molar refractivity (Wildman–Crippen MR) is 84.2 cm³/mol. The summed E-state index contributed by atoms with van der Waals surface area (Å²) in [7, 11) is 1.66. The first kappa shape index (κ1) is 15.8. The lowest BCUT2D eigenvalue weighted by Gasteiger charge is -2.21. The van der Waals surface area contributed by atoms with Gasteiger partial charge in [-0.15, -0.1) is 0 Å². The number of benzene rings is 1. The zero-order chi connectivity index (χ0) is 15.2. The number of carbonyl (C=O) groups is 1. The van der Waals surface area contributed by atoms with Crippen molar-refractivity contribution >= 4 is 5.91 Å². The van der Waals surface area contributed by atoms with Crippen LogP contribution in [-0.4, -0.2) is 25.6 Å². The quantitative estimate of drug-likeness (QED) is 0.843. The van der Waals surface area contributed by atoms with Crippen LogP contribution in [0.4, 0.5) is 0 Å². The zero-order valence-corrected chi connectivity index (χ0v) is 13.0. The molecular formula is C17H26N2O2. The highest BCUT2D eigenvalue weighted by Crippen LogP contribution is 2.31. The number of hydrogen-bond acceptors (Lipinski definition) is 3. The third kappa shape index (κ3) is 4.21. The summed E-state index contributed by atoms with van der Waals surface area (Å²) in [6.45, 7) is 2.66. The number of hydrogen-bond donors (Lipinski definition) is 2. The smallest absolute Gasteiger partial charge is 0.223 e. The maximum atomic E-state index is 12.3. The molecule has 21 heavy (non-hydrogen) atoms. The Balaban J connectivity index is 1.88. The van der Waals surface area contributed by atoms with E-state index in [0.717, 1.165) is 31.4 Å². The molecule has 0 radical (unpaired) electrons. The maximum absolute atomic E-state index is 12.3. The van der Waals surface area contributed by atoms with Gasteiger partial charge in [0.05, 0.1) is 7.11 Å². The highest BCUT2D eigenvalue weighted by molar-refractivity contribution is 5.79. The molecule has 3 atom stereocenters. The normalized spacial score (nSPS) is 22.8.